The monoisotopic (exact) mass is 602 g/mol. The van der Waals surface area contributed by atoms with Gasteiger partial charge in [0.15, 0.2) is 0 Å². The molecule has 9 heteroatoms. The number of anilines is 1. The van der Waals surface area contributed by atoms with Crippen LogP contribution in [-0.4, -0.2) is 56.3 Å². The van der Waals surface area contributed by atoms with Crippen LogP contribution in [-0.2, 0) is 35.9 Å². The van der Waals surface area contributed by atoms with E-state index in [1.165, 1.54) is 0 Å². The molecule has 0 bridgehead atoms. The summed E-state index contributed by atoms with van der Waals surface area (Å²) in [5.74, 6) is 2.60. The van der Waals surface area contributed by atoms with Crippen LogP contribution in [0.2, 0.25) is 25.7 Å². The number of aromatic nitrogens is 2. The highest BCUT2D eigenvalue weighted by Crippen LogP contribution is 2.29. The van der Waals surface area contributed by atoms with Crippen LogP contribution in [0.15, 0.2) is 60.7 Å². The number of methoxy groups -OCH3 is 2. The van der Waals surface area contributed by atoms with Crippen molar-refractivity contribution >= 4 is 30.8 Å². The van der Waals surface area contributed by atoms with E-state index in [1.807, 2.05) is 31.3 Å². The summed E-state index contributed by atoms with van der Waals surface area (Å²) in [6.45, 7) is 13.8. The molecule has 0 radical (unpaired) electrons. The quantitative estimate of drug-likeness (QED) is 0.116. The highest BCUT2D eigenvalue weighted by atomic mass is 28.3. The second-order valence-electron chi connectivity index (χ2n) is 12.4. The molecule has 4 rings (SSSR count). The van der Waals surface area contributed by atoms with E-state index in [9.17, 15) is 4.79 Å². The molecule has 0 saturated heterocycles. The molecule has 0 aliphatic carbocycles. The van der Waals surface area contributed by atoms with Crippen LogP contribution in [0.3, 0.4) is 0 Å². The van der Waals surface area contributed by atoms with E-state index in [0.717, 1.165) is 63.4 Å². The first-order chi connectivity index (χ1) is 20.5. The molecule has 0 saturated carbocycles. The number of nitrogens with zero attached hydrogens (tertiary/aromatic N) is 4. The minimum atomic E-state index is -1.21. The van der Waals surface area contributed by atoms with Gasteiger partial charge >= 0.3 is 0 Å². The Balaban J connectivity index is 1.72. The third kappa shape index (κ3) is 8.61. The predicted molar refractivity (Wildman–Crippen MR) is 177 cm³/mol. The molecule has 1 amide bonds. The summed E-state index contributed by atoms with van der Waals surface area (Å²) in [5, 5.41) is 0. The van der Waals surface area contributed by atoms with Crippen molar-refractivity contribution in [2.45, 2.75) is 65.9 Å². The number of amides is 1. The summed E-state index contributed by atoms with van der Waals surface area (Å²) in [7, 11) is 3.97. The fourth-order valence-corrected chi connectivity index (χ4v) is 5.67. The summed E-state index contributed by atoms with van der Waals surface area (Å²) in [6, 6.07) is 21.7. The number of rotatable bonds is 14. The lowest BCUT2D eigenvalue weighted by Gasteiger charge is -2.26. The van der Waals surface area contributed by atoms with Crippen LogP contribution in [0.4, 0.5) is 5.82 Å². The van der Waals surface area contributed by atoms with Gasteiger partial charge in [0.1, 0.15) is 24.0 Å². The number of carbonyl (C=O) groups is 1. The Kier molecular flexibility index (Phi) is 10.5. The van der Waals surface area contributed by atoms with Gasteiger partial charge in [-0.2, -0.15) is 0 Å². The Morgan fingerprint density at radius 1 is 0.884 bits per heavy atom. The molecule has 0 unspecified atom stereocenters. The Morgan fingerprint density at radius 2 is 1.44 bits per heavy atom. The summed E-state index contributed by atoms with van der Waals surface area (Å²) in [4.78, 5) is 21.4. The molecule has 230 valence electrons. The zero-order valence-corrected chi connectivity index (χ0v) is 27.9. The van der Waals surface area contributed by atoms with Gasteiger partial charge in [-0.25, -0.2) is 4.98 Å². The number of carbonyl (C=O) groups excluding carboxylic acids is 1. The summed E-state index contributed by atoms with van der Waals surface area (Å²) >= 11 is 0. The standard InChI is InChI=1S/C34H46N4O4Si/c1-25-19-33-32(20-29(23-36(3)26(2)39)38(33)24-42-17-18-43(6,7)8)35-34(25)37(21-27-9-13-30(40-4)14-10-27)22-28-11-15-31(41-5)16-12-28/h9-16,19-20H,17-18,21-24H2,1-8H3. The van der Waals surface area contributed by atoms with E-state index in [0.29, 0.717) is 26.4 Å². The van der Waals surface area contributed by atoms with Crippen molar-refractivity contribution in [2.24, 2.45) is 0 Å². The molecule has 2 aromatic heterocycles. The molecule has 0 atom stereocenters. The molecule has 0 aliphatic heterocycles. The second kappa shape index (κ2) is 14.1. The topological polar surface area (TPSA) is 69.1 Å². The number of hydrogen-bond donors (Lipinski definition) is 0. The van der Waals surface area contributed by atoms with Gasteiger partial charge in [-0.1, -0.05) is 43.9 Å². The van der Waals surface area contributed by atoms with E-state index in [4.69, 9.17) is 19.2 Å². The molecule has 0 spiro atoms. The molecule has 0 aliphatic rings. The maximum atomic E-state index is 12.1. The Bertz CT molecular complexity index is 1460. The lowest BCUT2D eigenvalue weighted by atomic mass is 10.1. The average molecular weight is 603 g/mol. The highest BCUT2D eigenvalue weighted by molar-refractivity contribution is 6.76. The number of fused-ring (bicyclic) bond motifs is 1. The van der Waals surface area contributed by atoms with Crippen molar-refractivity contribution < 1.29 is 19.0 Å². The van der Waals surface area contributed by atoms with Crippen LogP contribution in [0.25, 0.3) is 11.0 Å². The van der Waals surface area contributed by atoms with Crippen molar-refractivity contribution in [3.8, 4) is 11.5 Å². The van der Waals surface area contributed by atoms with Crippen LogP contribution in [0.1, 0.15) is 29.3 Å². The van der Waals surface area contributed by atoms with E-state index in [-0.39, 0.29) is 5.91 Å². The van der Waals surface area contributed by atoms with Crippen molar-refractivity contribution in [1.29, 1.82) is 0 Å². The third-order valence-corrected chi connectivity index (χ3v) is 9.36. The zero-order valence-electron chi connectivity index (χ0n) is 26.9. The maximum Gasteiger partial charge on any atom is 0.219 e. The second-order valence-corrected chi connectivity index (χ2v) is 18.0. The Morgan fingerprint density at radius 3 is 1.93 bits per heavy atom. The molecule has 8 nitrogen and oxygen atoms in total. The van der Waals surface area contributed by atoms with Crippen LogP contribution >= 0.6 is 0 Å². The number of hydrogen-bond acceptors (Lipinski definition) is 6. The lowest BCUT2D eigenvalue weighted by Crippen LogP contribution is -2.25. The predicted octanol–water partition coefficient (Wildman–Crippen LogP) is 6.86. The number of ether oxygens (including phenoxy) is 3. The minimum absolute atomic E-state index is 0.0199. The van der Waals surface area contributed by atoms with Gasteiger partial charge in [0.2, 0.25) is 5.91 Å². The van der Waals surface area contributed by atoms with E-state index in [2.05, 4.69) is 72.4 Å². The molecule has 0 N–H and O–H groups in total. The smallest absolute Gasteiger partial charge is 0.219 e. The van der Waals surface area contributed by atoms with Gasteiger partial charge in [0.05, 0.1) is 31.8 Å². The lowest BCUT2D eigenvalue weighted by molar-refractivity contribution is -0.128. The number of aryl methyl sites for hydroxylation is 1. The number of pyridine rings is 1. The van der Waals surface area contributed by atoms with Crippen LogP contribution in [0.5, 0.6) is 11.5 Å². The van der Waals surface area contributed by atoms with Gasteiger partial charge < -0.3 is 28.6 Å². The van der Waals surface area contributed by atoms with Gasteiger partial charge in [0, 0.05) is 47.4 Å². The van der Waals surface area contributed by atoms with Gasteiger partial charge in [-0.3, -0.25) is 4.79 Å². The summed E-state index contributed by atoms with van der Waals surface area (Å²) in [5.41, 5.74) is 6.29. The SMILES string of the molecule is COc1ccc(CN(Cc2ccc(OC)cc2)c2nc3cc(CN(C)C(C)=O)n(COCC[Si](C)(C)C)c3cc2C)cc1. The fraction of sp³-hybridized carbons (Fsp3) is 0.412. The molecule has 4 aromatic rings. The first-order valence-corrected chi connectivity index (χ1v) is 18.5. The van der Waals surface area contributed by atoms with E-state index in [1.54, 1.807) is 26.0 Å². The van der Waals surface area contributed by atoms with Gasteiger partial charge in [-0.05, 0) is 66.1 Å². The van der Waals surface area contributed by atoms with Crippen molar-refractivity contribution in [1.82, 2.24) is 14.5 Å². The third-order valence-electron chi connectivity index (χ3n) is 7.65. The van der Waals surface area contributed by atoms with Gasteiger partial charge in [-0.15, -0.1) is 0 Å². The minimum Gasteiger partial charge on any atom is -0.497 e. The Labute approximate surface area is 257 Å². The molecule has 2 heterocycles. The average Bonchev–Trinajstić information content (AvgIpc) is 3.30. The highest BCUT2D eigenvalue weighted by Gasteiger charge is 2.19. The van der Waals surface area contributed by atoms with E-state index >= 15 is 0 Å². The summed E-state index contributed by atoms with van der Waals surface area (Å²) in [6.07, 6.45) is 0. The summed E-state index contributed by atoms with van der Waals surface area (Å²) < 4.78 is 19.1. The molecule has 0 fully saturated rings. The van der Waals surface area contributed by atoms with E-state index < -0.39 is 8.07 Å². The molecular formula is C34H46N4O4Si. The van der Waals surface area contributed by atoms with Crippen LogP contribution in [0, 0.1) is 6.92 Å². The first-order valence-electron chi connectivity index (χ1n) is 14.8. The first kappa shape index (κ1) is 32.1. The van der Waals surface area contributed by atoms with Gasteiger partial charge in [0.25, 0.3) is 0 Å². The zero-order chi connectivity index (χ0) is 31.1. The largest absolute Gasteiger partial charge is 0.497 e. The molecule has 43 heavy (non-hydrogen) atoms. The maximum absolute atomic E-state index is 12.1. The van der Waals surface area contributed by atoms with Crippen molar-refractivity contribution in [2.75, 3.05) is 32.8 Å². The van der Waals surface area contributed by atoms with Crippen molar-refractivity contribution in [3.63, 3.8) is 0 Å². The normalized spacial score (nSPS) is 11.5. The van der Waals surface area contributed by atoms with Crippen molar-refractivity contribution in [3.05, 3.63) is 83.0 Å². The van der Waals surface area contributed by atoms with Crippen LogP contribution < -0.4 is 14.4 Å². The fourth-order valence-electron chi connectivity index (χ4n) is 4.92. The molecular weight excluding hydrogens is 556 g/mol. The Hall–Kier alpha value is -3.82. The molecule has 2 aromatic carbocycles. The number of benzene rings is 2.